The fourth-order valence-corrected chi connectivity index (χ4v) is 6.47. The highest BCUT2D eigenvalue weighted by Crippen LogP contribution is 2.57. The quantitative estimate of drug-likeness (QED) is 0.119. The molecule has 1 aliphatic heterocycles. The third kappa shape index (κ3) is 11.6. The van der Waals surface area contributed by atoms with E-state index in [1.165, 1.54) is 0 Å². The van der Waals surface area contributed by atoms with Crippen LogP contribution in [0.4, 0.5) is 0 Å². The molecule has 6 N–H and O–H groups in total. The van der Waals surface area contributed by atoms with Crippen LogP contribution in [0.15, 0.2) is 30.3 Å². The summed E-state index contributed by atoms with van der Waals surface area (Å²) < 4.78 is 66.1. The Morgan fingerprint density at radius 2 is 1.29 bits per heavy atom. The van der Waals surface area contributed by atoms with Crippen LogP contribution in [-0.4, -0.2) is 104 Å². The number of likely N-dealkylation sites (tertiary alicyclic amines) is 1. The largest absolute Gasteiger partial charge is 0.480 e. The lowest BCUT2D eigenvalue weighted by atomic mass is 10.1. The van der Waals surface area contributed by atoms with Crippen molar-refractivity contribution in [1.82, 2.24) is 4.90 Å². The van der Waals surface area contributed by atoms with Gasteiger partial charge in [0.15, 0.2) is 25.5 Å². The van der Waals surface area contributed by atoms with Gasteiger partial charge < -0.3 is 30.0 Å². The topological polar surface area (TPSA) is 282 Å². The highest BCUT2D eigenvalue weighted by atomic mass is 31.2. The molecule has 22 heteroatoms. The molecule has 41 heavy (non-hydrogen) atoms. The van der Waals surface area contributed by atoms with Gasteiger partial charge in [0, 0.05) is 13.1 Å². The Hall–Kier alpha value is -2.08. The molecule has 3 unspecified atom stereocenters. The van der Waals surface area contributed by atoms with Crippen LogP contribution in [0.25, 0.3) is 0 Å². The number of aliphatic carboxylic acids is 3. The monoisotopic (exact) mass is 651 g/mol. The summed E-state index contributed by atoms with van der Waals surface area (Å²) in [6.07, 6.45) is -3.83. The summed E-state index contributed by atoms with van der Waals surface area (Å²) in [4.78, 5) is 64.1. The third-order valence-corrected chi connectivity index (χ3v) is 8.27. The lowest BCUT2D eigenvalue weighted by Gasteiger charge is -2.39. The molecule has 0 spiro atoms. The van der Waals surface area contributed by atoms with Gasteiger partial charge in [0.05, 0.1) is 0 Å². The summed E-state index contributed by atoms with van der Waals surface area (Å²) in [5.74, 6) is -5.00. The maximum absolute atomic E-state index is 12.7. The van der Waals surface area contributed by atoms with Crippen molar-refractivity contribution >= 4 is 41.4 Å². The van der Waals surface area contributed by atoms with Gasteiger partial charge in [0.25, 0.3) is 0 Å². The van der Waals surface area contributed by atoms with Gasteiger partial charge >= 0.3 is 41.4 Å². The molecule has 2 rings (SSSR count). The van der Waals surface area contributed by atoms with E-state index >= 15 is 0 Å². The van der Waals surface area contributed by atoms with E-state index in [0.29, 0.717) is 0 Å². The molecule has 1 aromatic rings. The number of hydrogen-bond acceptors (Lipinski definition) is 13. The molecule has 0 radical (unpaired) electrons. The Balaban J connectivity index is 2.51. The Labute approximate surface area is 232 Å². The maximum Gasteiger partial charge on any atom is 0.474 e. The van der Waals surface area contributed by atoms with Gasteiger partial charge in [-0.2, -0.15) is 0 Å². The van der Waals surface area contributed by atoms with Crippen molar-refractivity contribution < 1.29 is 85.2 Å². The van der Waals surface area contributed by atoms with Crippen molar-refractivity contribution in [2.45, 2.75) is 31.3 Å². The summed E-state index contributed by atoms with van der Waals surface area (Å²) in [6.45, 7) is -3.62. The Bertz CT molecular complexity index is 1230. The summed E-state index contributed by atoms with van der Waals surface area (Å²) in [6, 6.07) is 8.57. The number of hydrogen-bond donors (Lipinski definition) is 6. The Morgan fingerprint density at radius 1 is 0.829 bits per heavy atom. The zero-order valence-electron chi connectivity index (χ0n) is 21.2. The first kappa shape index (κ1) is 35.1. The van der Waals surface area contributed by atoms with Crippen LogP contribution in [-0.2, 0) is 61.6 Å². The van der Waals surface area contributed by atoms with E-state index in [0.717, 1.165) is 17.4 Å². The number of carboxylic acids is 3. The fourth-order valence-electron chi connectivity index (χ4n) is 3.65. The van der Waals surface area contributed by atoms with Crippen LogP contribution < -0.4 is 0 Å². The van der Waals surface area contributed by atoms with Gasteiger partial charge in [-0.1, -0.05) is 30.3 Å². The standard InChI is InChI=1S/C19H28NO18P3/c1-19(38-41(31,32)35-12-17(25)26)18(37-40(29,30)34-11-16(23)24)14(36-39(27,28)33-10-15(21)22)9-20(19)8-7-13-5-3-2-4-6-13/h2-6,14,18H,7-12H2,1H3,(H,21,22)(H,23,24)(H,25,26)(H,27,28)(H,29,30)(H,31,32)/t14-,18+,19-/m1/s1. The molecule has 1 saturated heterocycles. The summed E-state index contributed by atoms with van der Waals surface area (Å²) >= 11 is 0. The first-order valence-electron chi connectivity index (χ1n) is 11.3. The second-order valence-corrected chi connectivity index (χ2v) is 12.6. The van der Waals surface area contributed by atoms with Crippen LogP contribution in [0, 0.1) is 0 Å². The molecule has 19 nitrogen and oxygen atoms in total. The van der Waals surface area contributed by atoms with Gasteiger partial charge in [0.1, 0.15) is 12.2 Å². The second-order valence-electron chi connectivity index (χ2n) is 8.40. The molecular weight excluding hydrogens is 623 g/mol. The second kappa shape index (κ2) is 14.4. The summed E-state index contributed by atoms with van der Waals surface area (Å²) in [5, 5.41) is 26.4. The number of nitrogens with zero attached hydrogens (tertiary/aromatic N) is 1. The van der Waals surface area contributed by atoms with Crippen molar-refractivity contribution in [3.63, 3.8) is 0 Å². The number of phosphoric ester groups is 3. The maximum atomic E-state index is 12.7. The lowest BCUT2D eigenvalue weighted by Crippen LogP contribution is -2.52. The molecular formula is C19H28NO18P3. The van der Waals surface area contributed by atoms with Crippen LogP contribution in [0.3, 0.4) is 0 Å². The molecule has 0 amide bonds. The van der Waals surface area contributed by atoms with E-state index in [1.807, 2.05) is 0 Å². The average molecular weight is 651 g/mol. The van der Waals surface area contributed by atoms with Crippen molar-refractivity contribution in [3.8, 4) is 0 Å². The van der Waals surface area contributed by atoms with E-state index in [1.54, 1.807) is 30.3 Å². The van der Waals surface area contributed by atoms with Gasteiger partial charge in [-0.3, -0.25) is 32.0 Å². The fraction of sp³-hybridized carbons (Fsp3) is 0.526. The van der Waals surface area contributed by atoms with Crippen molar-refractivity contribution in [2.24, 2.45) is 0 Å². The highest BCUT2D eigenvalue weighted by molar-refractivity contribution is 7.48. The van der Waals surface area contributed by atoms with Crippen LogP contribution in [0.1, 0.15) is 12.5 Å². The molecule has 0 saturated carbocycles. The molecule has 1 heterocycles. The summed E-state index contributed by atoms with van der Waals surface area (Å²) in [5.41, 5.74) is -1.68. The van der Waals surface area contributed by atoms with E-state index in [9.17, 15) is 42.8 Å². The number of carbonyl (C=O) groups is 3. The van der Waals surface area contributed by atoms with E-state index in [4.69, 9.17) is 28.9 Å². The first-order chi connectivity index (χ1) is 18.8. The van der Waals surface area contributed by atoms with Crippen LogP contribution in [0.2, 0.25) is 0 Å². The van der Waals surface area contributed by atoms with Crippen molar-refractivity contribution in [1.29, 1.82) is 0 Å². The van der Waals surface area contributed by atoms with E-state index in [-0.39, 0.29) is 13.0 Å². The lowest BCUT2D eigenvalue weighted by molar-refractivity contribution is -0.146. The normalized spacial score (nSPS) is 25.6. The highest BCUT2D eigenvalue weighted by Gasteiger charge is 2.60. The molecule has 232 valence electrons. The molecule has 0 aliphatic carbocycles. The first-order valence-corrected chi connectivity index (χ1v) is 15.8. The van der Waals surface area contributed by atoms with Crippen molar-refractivity contribution in [2.75, 3.05) is 32.9 Å². The molecule has 1 aromatic carbocycles. The van der Waals surface area contributed by atoms with Gasteiger partial charge in [-0.15, -0.1) is 0 Å². The molecule has 1 fully saturated rings. The van der Waals surface area contributed by atoms with Crippen molar-refractivity contribution in [3.05, 3.63) is 35.9 Å². The van der Waals surface area contributed by atoms with Gasteiger partial charge in [-0.25, -0.2) is 28.1 Å². The molecule has 0 aromatic heterocycles. The minimum Gasteiger partial charge on any atom is -0.480 e. The number of rotatable bonds is 18. The SMILES string of the molecule is C[C@@]1(OP(=O)(O)OCC(=O)O)[C@@H](OP(=O)(O)OCC(=O)O)[C@H](OP(=O)(O)OCC(=O)O)CN1CCc1ccccc1. The predicted molar refractivity (Wildman–Crippen MR) is 131 cm³/mol. The van der Waals surface area contributed by atoms with E-state index < -0.39 is 85.7 Å². The van der Waals surface area contributed by atoms with Gasteiger partial charge in [-0.05, 0) is 18.9 Å². The molecule has 6 atom stereocenters. The zero-order valence-corrected chi connectivity index (χ0v) is 23.8. The number of benzene rings is 1. The third-order valence-electron chi connectivity index (χ3n) is 5.28. The number of phosphoric acid groups is 3. The Kier molecular flexibility index (Phi) is 12.3. The predicted octanol–water partition coefficient (Wildman–Crippen LogP) is 0.653. The van der Waals surface area contributed by atoms with Gasteiger partial charge in [0.2, 0.25) is 0 Å². The van der Waals surface area contributed by atoms with Crippen LogP contribution in [0.5, 0.6) is 0 Å². The summed E-state index contributed by atoms with van der Waals surface area (Å²) in [7, 11) is -16.0. The Morgan fingerprint density at radius 3 is 1.78 bits per heavy atom. The minimum atomic E-state index is -5.39. The van der Waals surface area contributed by atoms with Crippen LogP contribution >= 0.6 is 23.5 Å². The smallest absolute Gasteiger partial charge is 0.474 e. The average Bonchev–Trinajstić information content (AvgIpc) is 3.08. The molecule has 1 aliphatic rings. The van der Waals surface area contributed by atoms with E-state index in [2.05, 4.69) is 13.6 Å². The molecule has 0 bridgehead atoms. The zero-order chi connectivity index (χ0) is 31.1. The minimum absolute atomic E-state index is 0.114. The number of carboxylic acid groups (broad SMARTS) is 3.